The highest BCUT2D eigenvalue weighted by atomic mass is 16.2. The third-order valence-electron chi connectivity index (χ3n) is 3.40. The molecular weight excluding hydrogens is 240 g/mol. The molecule has 2 N–H and O–H groups in total. The Morgan fingerprint density at radius 2 is 2.00 bits per heavy atom. The lowest BCUT2D eigenvalue weighted by atomic mass is 10.1. The molecule has 1 saturated carbocycles. The third kappa shape index (κ3) is 3.56. The molecule has 4 heteroatoms. The van der Waals surface area contributed by atoms with Crippen LogP contribution in [0, 0.1) is 5.92 Å². The summed E-state index contributed by atoms with van der Waals surface area (Å²) in [6.45, 7) is 3.85. The molecule has 1 aliphatic carbocycles. The zero-order valence-electron chi connectivity index (χ0n) is 11.4. The molecule has 0 aromatic heterocycles. The Morgan fingerprint density at radius 3 is 2.63 bits per heavy atom. The first kappa shape index (κ1) is 13.6. The molecule has 1 aromatic carbocycles. The molecule has 0 spiro atoms. The Morgan fingerprint density at radius 1 is 1.32 bits per heavy atom. The second-order valence-electron chi connectivity index (χ2n) is 5.09. The summed E-state index contributed by atoms with van der Waals surface area (Å²) in [5.41, 5.74) is 1.12. The number of carbonyl (C=O) groups excluding carboxylic acids is 2. The smallest absolute Gasteiger partial charge is 0.253 e. The van der Waals surface area contributed by atoms with Gasteiger partial charge in [0.25, 0.3) is 5.91 Å². The first-order valence-corrected chi connectivity index (χ1v) is 6.82. The number of nitrogens with one attached hydrogen (secondary N) is 2. The van der Waals surface area contributed by atoms with E-state index >= 15 is 0 Å². The molecule has 0 saturated heterocycles. The molecule has 0 radical (unpaired) electrons. The van der Waals surface area contributed by atoms with Crippen molar-refractivity contribution >= 4 is 17.5 Å². The van der Waals surface area contributed by atoms with E-state index in [9.17, 15) is 9.59 Å². The molecule has 0 aliphatic heterocycles. The highest BCUT2D eigenvalue weighted by Gasteiger charge is 2.25. The second-order valence-corrected chi connectivity index (χ2v) is 5.09. The summed E-state index contributed by atoms with van der Waals surface area (Å²) in [6.07, 6.45) is 2.88. The predicted octanol–water partition coefficient (Wildman–Crippen LogP) is 2.56. The largest absolute Gasteiger partial charge is 0.349 e. The summed E-state index contributed by atoms with van der Waals surface area (Å²) in [6, 6.07) is 7.44. The van der Waals surface area contributed by atoms with Gasteiger partial charge < -0.3 is 10.6 Å². The van der Waals surface area contributed by atoms with Gasteiger partial charge >= 0.3 is 0 Å². The molecule has 19 heavy (non-hydrogen) atoms. The Labute approximate surface area is 113 Å². The summed E-state index contributed by atoms with van der Waals surface area (Å²) < 4.78 is 0. The fraction of sp³-hybridized carbons (Fsp3) is 0.467. The van der Waals surface area contributed by atoms with Gasteiger partial charge in [-0.25, -0.2) is 0 Å². The van der Waals surface area contributed by atoms with Crippen LogP contribution < -0.4 is 10.6 Å². The fourth-order valence-corrected chi connectivity index (χ4v) is 1.72. The number of rotatable bonds is 5. The van der Waals surface area contributed by atoms with Gasteiger partial charge in [0.05, 0.1) is 11.3 Å². The van der Waals surface area contributed by atoms with E-state index in [1.165, 1.54) is 0 Å². The van der Waals surface area contributed by atoms with Crippen LogP contribution in [0.4, 0.5) is 5.69 Å². The fourth-order valence-electron chi connectivity index (χ4n) is 1.72. The van der Waals surface area contributed by atoms with Gasteiger partial charge in [0.15, 0.2) is 0 Å². The maximum Gasteiger partial charge on any atom is 0.253 e. The van der Waals surface area contributed by atoms with E-state index in [2.05, 4.69) is 10.6 Å². The van der Waals surface area contributed by atoms with Crippen LogP contribution in [0.5, 0.6) is 0 Å². The molecule has 4 nitrogen and oxygen atoms in total. The molecule has 1 aromatic rings. The van der Waals surface area contributed by atoms with Crippen molar-refractivity contribution in [1.29, 1.82) is 0 Å². The molecule has 1 fully saturated rings. The van der Waals surface area contributed by atoms with Crippen LogP contribution in [0.15, 0.2) is 24.3 Å². The first-order chi connectivity index (χ1) is 9.11. The average molecular weight is 260 g/mol. The standard InChI is InChI=1S/C15H20N2O2/c1-3-10(2)14(18)17-13-7-5-4-6-12(13)15(19)16-11-8-9-11/h4-7,10-11H,3,8-9H2,1-2H3,(H,16,19)(H,17,18)/t10-/m0/s1. The summed E-state index contributed by atoms with van der Waals surface area (Å²) >= 11 is 0. The molecule has 1 atom stereocenters. The maximum atomic E-state index is 12.1. The highest BCUT2D eigenvalue weighted by Crippen LogP contribution is 2.22. The number of benzene rings is 1. The van der Waals surface area contributed by atoms with Gasteiger partial charge in [-0.1, -0.05) is 26.0 Å². The number of hydrogen-bond acceptors (Lipinski definition) is 2. The zero-order valence-corrected chi connectivity index (χ0v) is 11.4. The van der Waals surface area contributed by atoms with Crippen molar-refractivity contribution in [1.82, 2.24) is 5.32 Å². The van der Waals surface area contributed by atoms with Gasteiger partial charge in [0.1, 0.15) is 0 Å². The molecule has 102 valence electrons. The summed E-state index contributed by atoms with van der Waals surface area (Å²) in [4.78, 5) is 24.0. The summed E-state index contributed by atoms with van der Waals surface area (Å²) in [5, 5.41) is 5.77. The van der Waals surface area contributed by atoms with Gasteiger partial charge in [-0.2, -0.15) is 0 Å². The van der Waals surface area contributed by atoms with E-state index in [-0.39, 0.29) is 17.7 Å². The SMILES string of the molecule is CC[C@H](C)C(=O)Nc1ccccc1C(=O)NC1CC1. The van der Waals surface area contributed by atoms with Crippen LogP contribution in [0.1, 0.15) is 43.5 Å². The van der Waals surface area contributed by atoms with Crippen LogP contribution in [0.3, 0.4) is 0 Å². The van der Waals surface area contributed by atoms with Crippen molar-refractivity contribution in [2.75, 3.05) is 5.32 Å². The van der Waals surface area contributed by atoms with Crippen LogP contribution in [0.25, 0.3) is 0 Å². The predicted molar refractivity (Wildman–Crippen MR) is 75.0 cm³/mol. The summed E-state index contributed by atoms with van der Waals surface area (Å²) in [5.74, 6) is -0.212. The van der Waals surface area contributed by atoms with Crippen molar-refractivity contribution < 1.29 is 9.59 Å². The number of amides is 2. The third-order valence-corrected chi connectivity index (χ3v) is 3.40. The van der Waals surface area contributed by atoms with E-state index in [0.717, 1.165) is 19.3 Å². The molecular formula is C15H20N2O2. The van der Waals surface area contributed by atoms with Gasteiger partial charge in [0.2, 0.25) is 5.91 Å². The van der Waals surface area contributed by atoms with Crippen LogP contribution >= 0.6 is 0 Å². The Balaban J connectivity index is 2.11. The minimum atomic E-state index is -0.109. The first-order valence-electron chi connectivity index (χ1n) is 6.82. The van der Waals surface area contributed by atoms with Crippen molar-refractivity contribution in [2.24, 2.45) is 5.92 Å². The van der Waals surface area contributed by atoms with Gasteiger partial charge in [-0.15, -0.1) is 0 Å². The van der Waals surface area contributed by atoms with Crippen molar-refractivity contribution in [3.8, 4) is 0 Å². The quantitative estimate of drug-likeness (QED) is 0.854. The second kappa shape index (κ2) is 5.87. The van der Waals surface area contributed by atoms with Crippen molar-refractivity contribution in [2.45, 2.75) is 39.2 Å². The highest BCUT2D eigenvalue weighted by molar-refractivity contribution is 6.04. The normalized spacial score (nSPS) is 15.7. The van der Waals surface area contributed by atoms with Gasteiger partial charge in [-0.3, -0.25) is 9.59 Å². The lowest BCUT2D eigenvalue weighted by Gasteiger charge is -2.13. The number of carbonyl (C=O) groups is 2. The van der Waals surface area contributed by atoms with Crippen molar-refractivity contribution in [3.63, 3.8) is 0 Å². The maximum absolute atomic E-state index is 12.1. The van der Waals surface area contributed by atoms with Crippen LogP contribution in [0.2, 0.25) is 0 Å². The Bertz CT molecular complexity index is 481. The molecule has 1 aliphatic rings. The summed E-state index contributed by atoms with van der Waals surface area (Å²) in [7, 11) is 0. The van der Waals surface area contributed by atoms with E-state index in [1.54, 1.807) is 18.2 Å². The zero-order chi connectivity index (χ0) is 13.8. The molecule has 2 amide bonds. The topological polar surface area (TPSA) is 58.2 Å². The van der Waals surface area contributed by atoms with E-state index in [4.69, 9.17) is 0 Å². The average Bonchev–Trinajstić information content (AvgIpc) is 3.22. The van der Waals surface area contributed by atoms with E-state index < -0.39 is 0 Å². The van der Waals surface area contributed by atoms with Crippen molar-refractivity contribution in [3.05, 3.63) is 29.8 Å². The lowest BCUT2D eigenvalue weighted by molar-refractivity contribution is -0.119. The number of anilines is 1. The Kier molecular flexibility index (Phi) is 4.20. The monoisotopic (exact) mass is 260 g/mol. The van der Waals surface area contributed by atoms with Crippen LogP contribution in [-0.4, -0.2) is 17.9 Å². The van der Waals surface area contributed by atoms with E-state index in [0.29, 0.717) is 17.3 Å². The van der Waals surface area contributed by atoms with Gasteiger partial charge in [0, 0.05) is 12.0 Å². The van der Waals surface area contributed by atoms with Crippen LogP contribution in [-0.2, 0) is 4.79 Å². The molecule has 0 unspecified atom stereocenters. The Hall–Kier alpha value is -1.84. The minimum absolute atomic E-state index is 0.0471. The molecule has 0 bridgehead atoms. The lowest BCUT2D eigenvalue weighted by Crippen LogP contribution is -2.27. The molecule has 2 rings (SSSR count). The van der Waals surface area contributed by atoms with Gasteiger partial charge in [-0.05, 0) is 31.4 Å². The number of hydrogen-bond donors (Lipinski definition) is 2. The van der Waals surface area contributed by atoms with E-state index in [1.807, 2.05) is 19.9 Å². The molecule has 0 heterocycles. The minimum Gasteiger partial charge on any atom is -0.349 e. The number of para-hydroxylation sites is 1.